The van der Waals surface area contributed by atoms with E-state index in [1.807, 2.05) is 18.2 Å². The highest BCUT2D eigenvalue weighted by Crippen LogP contribution is 2.49. The van der Waals surface area contributed by atoms with E-state index in [9.17, 15) is 5.26 Å². The van der Waals surface area contributed by atoms with Crippen LogP contribution in [0.25, 0.3) is 22.7 Å². The largest absolute Gasteiger partial charge is 0.333 e. The van der Waals surface area contributed by atoms with Gasteiger partial charge < -0.3 is 9.47 Å². The van der Waals surface area contributed by atoms with E-state index in [1.54, 1.807) is 0 Å². The van der Waals surface area contributed by atoms with Crippen LogP contribution in [0.2, 0.25) is 0 Å². The molecule has 3 aliphatic rings. The molecular formula is C31H23N3. The predicted octanol–water partition coefficient (Wildman–Crippen LogP) is 7.19. The number of nitrogens with zero attached hydrogens (tertiary/aromatic N) is 3. The Morgan fingerprint density at radius 1 is 0.912 bits per heavy atom. The molecule has 0 radical (unpaired) electrons. The van der Waals surface area contributed by atoms with Gasteiger partial charge in [0.2, 0.25) is 0 Å². The summed E-state index contributed by atoms with van der Waals surface area (Å²) in [5, 5.41) is 10.8. The Hall–Kier alpha value is -4.29. The minimum absolute atomic E-state index is 0.184. The van der Waals surface area contributed by atoms with Gasteiger partial charge in [0.05, 0.1) is 23.2 Å². The smallest absolute Gasteiger partial charge is 0.0992 e. The van der Waals surface area contributed by atoms with Gasteiger partial charge in [-0.1, -0.05) is 60.7 Å². The summed E-state index contributed by atoms with van der Waals surface area (Å²) in [4.78, 5) is 2.38. The fourth-order valence-corrected chi connectivity index (χ4v) is 5.98. The van der Waals surface area contributed by atoms with Gasteiger partial charge in [-0.2, -0.15) is 5.26 Å². The number of para-hydroxylation sites is 2. The molecule has 3 nitrogen and oxygen atoms in total. The van der Waals surface area contributed by atoms with E-state index in [4.69, 9.17) is 0 Å². The van der Waals surface area contributed by atoms with Crippen LogP contribution in [0.15, 0.2) is 97.1 Å². The summed E-state index contributed by atoms with van der Waals surface area (Å²) in [5.74, 6) is 0.242. The normalized spacial score (nSPS) is 20.0. The molecule has 0 bridgehead atoms. The van der Waals surface area contributed by atoms with Crippen molar-refractivity contribution in [1.82, 2.24) is 4.57 Å². The number of benzene rings is 3. The van der Waals surface area contributed by atoms with Crippen molar-refractivity contribution in [2.75, 3.05) is 4.90 Å². The molecule has 2 aliphatic carbocycles. The van der Waals surface area contributed by atoms with Crippen LogP contribution in [0.5, 0.6) is 0 Å². The first-order valence-electron chi connectivity index (χ1n) is 11.9. The van der Waals surface area contributed by atoms with Crippen molar-refractivity contribution >= 4 is 34.1 Å². The Balaban J connectivity index is 1.40. The molecule has 0 amide bonds. The third-order valence-corrected chi connectivity index (χ3v) is 7.40. The Morgan fingerprint density at radius 2 is 1.79 bits per heavy atom. The molecule has 1 aliphatic heterocycles. The molecule has 162 valence electrons. The standard InChI is InChI=1S/C31H23N3/c32-20-21-8-7-9-22(18-21)33-30-15-6-3-12-26(30)27-19-23(16-17-31(27)33)34-28-13-4-1-10-24(28)25-11-2-5-14-29(25)34/h1,3-10,12-19,27,31H,2,11H2. The predicted molar refractivity (Wildman–Crippen MR) is 139 cm³/mol. The van der Waals surface area contributed by atoms with Crippen molar-refractivity contribution in [1.29, 1.82) is 5.26 Å². The highest BCUT2D eigenvalue weighted by Gasteiger charge is 2.38. The average molecular weight is 438 g/mol. The first-order valence-corrected chi connectivity index (χ1v) is 11.9. The number of fused-ring (bicyclic) bond motifs is 6. The first-order chi connectivity index (χ1) is 16.8. The van der Waals surface area contributed by atoms with Gasteiger partial charge in [0, 0.05) is 34.1 Å². The summed E-state index contributed by atoms with van der Waals surface area (Å²) < 4.78 is 2.44. The van der Waals surface area contributed by atoms with Crippen LogP contribution in [-0.4, -0.2) is 10.6 Å². The van der Waals surface area contributed by atoms with Crippen molar-refractivity contribution in [3.63, 3.8) is 0 Å². The Labute approximate surface area is 199 Å². The van der Waals surface area contributed by atoms with Crippen LogP contribution in [0, 0.1) is 11.3 Å². The molecule has 4 aromatic rings. The zero-order valence-corrected chi connectivity index (χ0v) is 18.7. The van der Waals surface area contributed by atoms with Crippen molar-refractivity contribution in [3.05, 3.63) is 119 Å². The Kier molecular flexibility index (Phi) is 4.16. The Bertz CT molecular complexity index is 1590. The third-order valence-electron chi connectivity index (χ3n) is 7.40. The average Bonchev–Trinajstić information content (AvgIpc) is 3.41. The summed E-state index contributed by atoms with van der Waals surface area (Å²) in [6, 6.07) is 27.9. The SMILES string of the molecule is N#Cc1cccc(N2c3ccccc3C3C=C(n4c5c(c6ccccc64)CCC=C5)C=CC32)c1. The number of aromatic nitrogens is 1. The number of hydrogen-bond donors (Lipinski definition) is 0. The fourth-order valence-electron chi connectivity index (χ4n) is 5.98. The van der Waals surface area contributed by atoms with E-state index in [2.05, 4.69) is 101 Å². The fraction of sp³-hybridized carbons (Fsp3) is 0.129. The van der Waals surface area contributed by atoms with Crippen molar-refractivity contribution in [3.8, 4) is 6.07 Å². The maximum Gasteiger partial charge on any atom is 0.0992 e. The van der Waals surface area contributed by atoms with E-state index in [0.29, 0.717) is 5.56 Å². The second kappa shape index (κ2) is 7.37. The second-order valence-electron chi connectivity index (χ2n) is 9.22. The van der Waals surface area contributed by atoms with Gasteiger partial charge >= 0.3 is 0 Å². The van der Waals surface area contributed by atoms with E-state index >= 15 is 0 Å². The monoisotopic (exact) mass is 437 g/mol. The lowest BCUT2D eigenvalue weighted by atomic mass is 9.90. The van der Waals surface area contributed by atoms with Crippen LogP contribution in [0.4, 0.5) is 11.4 Å². The molecule has 34 heavy (non-hydrogen) atoms. The molecule has 2 unspecified atom stereocenters. The zero-order valence-electron chi connectivity index (χ0n) is 18.7. The van der Waals surface area contributed by atoms with E-state index in [1.165, 1.54) is 39.1 Å². The number of allylic oxidation sites excluding steroid dienone is 3. The van der Waals surface area contributed by atoms with Crippen LogP contribution >= 0.6 is 0 Å². The second-order valence-corrected chi connectivity index (χ2v) is 9.22. The molecule has 3 aromatic carbocycles. The molecular weight excluding hydrogens is 414 g/mol. The van der Waals surface area contributed by atoms with Gasteiger partial charge in [0.25, 0.3) is 0 Å². The Morgan fingerprint density at radius 3 is 2.74 bits per heavy atom. The summed E-state index contributed by atoms with van der Waals surface area (Å²) in [6.07, 6.45) is 13.8. The molecule has 0 saturated carbocycles. The summed E-state index contributed by atoms with van der Waals surface area (Å²) in [5.41, 5.74) is 9.57. The lowest BCUT2D eigenvalue weighted by Crippen LogP contribution is -2.29. The molecule has 7 rings (SSSR count). The van der Waals surface area contributed by atoms with E-state index in [-0.39, 0.29) is 12.0 Å². The van der Waals surface area contributed by atoms with Gasteiger partial charge in [-0.05, 0) is 66.5 Å². The maximum absolute atomic E-state index is 9.46. The molecule has 0 N–H and O–H groups in total. The topological polar surface area (TPSA) is 32.0 Å². The summed E-state index contributed by atoms with van der Waals surface area (Å²) in [6.45, 7) is 0. The number of hydrogen-bond acceptors (Lipinski definition) is 2. The minimum atomic E-state index is 0.184. The molecule has 0 saturated heterocycles. The molecule has 0 fully saturated rings. The summed E-state index contributed by atoms with van der Waals surface area (Å²) >= 11 is 0. The van der Waals surface area contributed by atoms with Gasteiger partial charge in [0.1, 0.15) is 0 Å². The molecule has 2 atom stereocenters. The highest BCUT2D eigenvalue weighted by molar-refractivity contribution is 5.93. The van der Waals surface area contributed by atoms with Gasteiger partial charge in [0.15, 0.2) is 0 Å². The van der Waals surface area contributed by atoms with Crippen LogP contribution in [0.3, 0.4) is 0 Å². The van der Waals surface area contributed by atoms with Gasteiger partial charge in [-0.3, -0.25) is 0 Å². The first kappa shape index (κ1) is 19.2. The van der Waals surface area contributed by atoms with Crippen LogP contribution < -0.4 is 4.90 Å². The molecule has 1 aromatic heterocycles. The van der Waals surface area contributed by atoms with Crippen molar-refractivity contribution in [2.24, 2.45) is 0 Å². The van der Waals surface area contributed by atoms with Crippen molar-refractivity contribution in [2.45, 2.75) is 24.8 Å². The minimum Gasteiger partial charge on any atom is -0.333 e. The number of rotatable bonds is 2. The van der Waals surface area contributed by atoms with Gasteiger partial charge in [-0.25, -0.2) is 0 Å². The number of nitriles is 1. The molecule has 2 heterocycles. The quantitative estimate of drug-likeness (QED) is 0.332. The molecule has 3 heteroatoms. The van der Waals surface area contributed by atoms with Crippen molar-refractivity contribution < 1.29 is 0 Å². The zero-order chi connectivity index (χ0) is 22.6. The number of anilines is 2. The van der Waals surface area contributed by atoms with E-state index in [0.717, 1.165) is 18.5 Å². The third kappa shape index (κ3) is 2.69. The lowest BCUT2D eigenvalue weighted by molar-refractivity contribution is 0.742. The molecule has 0 spiro atoms. The van der Waals surface area contributed by atoms with Gasteiger partial charge in [-0.15, -0.1) is 0 Å². The number of aryl methyl sites for hydroxylation is 1. The highest BCUT2D eigenvalue weighted by atomic mass is 15.2. The van der Waals surface area contributed by atoms with E-state index < -0.39 is 0 Å². The van der Waals surface area contributed by atoms with Crippen LogP contribution in [-0.2, 0) is 6.42 Å². The summed E-state index contributed by atoms with van der Waals surface area (Å²) in [7, 11) is 0. The lowest BCUT2D eigenvalue weighted by Gasteiger charge is -2.30. The van der Waals surface area contributed by atoms with Crippen LogP contribution in [0.1, 0.15) is 34.7 Å². The maximum atomic E-state index is 9.46.